The van der Waals surface area contributed by atoms with Crippen LogP contribution in [-0.4, -0.2) is 20.8 Å². The maximum Gasteiger partial charge on any atom is 0.0949 e. The van der Waals surface area contributed by atoms with Gasteiger partial charge in [-0.15, -0.1) is 0 Å². The molecule has 1 N–H and O–H groups in total. The molecule has 0 amide bonds. The van der Waals surface area contributed by atoms with Crippen LogP contribution in [0.3, 0.4) is 0 Å². The maximum absolute atomic E-state index is 9.51. The zero-order valence-corrected chi connectivity index (χ0v) is 6.35. The lowest BCUT2D eigenvalue weighted by Gasteiger charge is -2.14. The number of aliphatic hydroxyl groups is 1. The van der Waals surface area contributed by atoms with Crippen LogP contribution in [0.5, 0.6) is 0 Å². The molecule has 0 aliphatic heterocycles. The van der Waals surface area contributed by atoms with Gasteiger partial charge in [-0.3, -0.25) is 0 Å². The quantitative estimate of drug-likeness (QED) is 0.651. The lowest BCUT2D eigenvalue weighted by molar-refractivity contribution is 0.136. The summed E-state index contributed by atoms with van der Waals surface area (Å²) in [5, 5.41) is 9.51. The van der Waals surface area contributed by atoms with Gasteiger partial charge in [-0.2, -0.15) is 0 Å². The van der Waals surface area contributed by atoms with E-state index in [-0.39, 0.29) is 12.1 Å². The van der Waals surface area contributed by atoms with Crippen molar-refractivity contribution in [2.45, 2.75) is 31.4 Å². The topological polar surface area (TPSA) is 38.0 Å². The second-order valence-electron chi connectivity index (χ2n) is 3.08. The smallest absolute Gasteiger partial charge is 0.0949 e. The molecule has 1 aromatic heterocycles. The molecule has 1 fully saturated rings. The molecule has 0 saturated heterocycles. The Bertz CT molecular complexity index is 220. The summed E-state index contributed by atoms with van der Waals surface area (Å²) < 4.78 is 2.00. The second-order valence-corrected chi connectivity index (χ2v) is 3.08. The molecule has 3 heteroatoms. The first-order valence-electron chi connectivity index (χ1n) is 4.03. The van der Waals surface area contributed by atoms with Gasteiger partial charge >= 0.3 is 0 Å². The molecule has 1 aliphatic rings. The van der Waals surface area contributed by atoms with Crippen LogP contribution in [0.4, 0.5) is 0 Å². The SMILES string of the molecule is O[C@H]1CCC[C@@H]1n1ccnc1. The Morgan fingerprint density at radius 2 is 2.36 bits per heavy atom. The molecule has 1 aliphatic carbocycles. The van der Waals surface area contributed by atoms with Gasteiger partial charge < -0.3 is 9.67 Å². The number of imidazole rings is 1. The normalized spacial score (nSPS) is 31.0. The first-order chi connectivity index (χ1) is 5.38. The Labute approximate surface area is 65.7 Å². The van der Waals surface area contributed by atoms with Crippen molar-refractivity contribution in [3.63, 3.8) is 0 Å². The number of hydrogen-bond donors (Lipinski definition) is 1. The fraction of sp³-hybridized carbons (Fsp3) is 0.625. The van der Waals surface area contributed by atoms with E-state index in [9.17, 15) is 5.11 Å². The van der Waals surface area contributed by atoms with Gasteiger partial charge in [0.1, 0.15) is 0 Å². The maximum atomic E-state index is 9.51. The highest BCUT2D eigenvalue weighted by molar-refractivity contribution is 4.87. The minimum atomic E-state index is -0.163. The highest BCUT2D eigenvalue weighted by Crippen LogP contribution is 2.29. The summed E-state index contributed by atoms with van der Waals surface area (Å²) in [6.45, 7) is 0. The Kier molecular flexibility index (Phi) is 1.66. The number of hydrogen-bond acceptors (Lipinski definition) is 2. The molecule has 0 radical (unpaired) electrons. The van der Waals surface area contributed by atoms with Crippen molar-refractivity contribution in [3.8, 4) is 0 Å². The third-order valence-electron chi connectivity index (χ3n) is 2.35. The predicted octanol–water partition coefficient (Wildman–Crippen LogP) is 0.969. The Balaban J connectivity index is 2.16. The number of aliphatic hydroxyl groups excluding tert-OH is 1. The van der Waals surface area contributed by atoms with Crippen LogP contribution < -0.4 is 0 Å². The van der Waals surface area contributed by atoms with Crippen molar-refractivity contribution in [1.82, 2.24) is 9.55 Å². The van der Waals surface area contributed by atoms with Crippen molar-refractivity contribution < 1.29 is 5.11 Å². The first kappa shape index (κ1) is 6.85. The van der Waals surface area contributed by atoms with Gasteiger partial charge in [0.2, 0.25) is 0 Å². The third-order valence-corrected chi connectivity index (χ3v) is 2.35. The van der Waals surface area contributed by atoms with E-state index in [1.165, 1.54) is 0 Å². The summed E-state index contributed by atoms with van der Waals surface area (Å²) in [7, 11) is 0. The molecule has 0 bridgehead atoms. The minimum absolute atomic E-state index is 0.163. The number of aromatic nitrogens is 2. The van der Waals surface area contributed by atoms with Crippen LogP contribution in [0.15, 0.2) is 18.7 Å². The van der Waals surface area contributed by atoms with Gasteiger partial charge in [0.05, 0.1) is 18.5 Å². The zero-order chi connectivity index (χ0) is 7.68. The molecule has 1 saturated carbocycles. The zero-order valence-electron chi connectivity index (χ0n) is 6.35. The first-order valence-corrected chi connectivity index (χ1v) is 4.03. The van der Waals surface area contributed by atoms with Crippen molar-refractivity contribution in [3.05, 3.63) is 18.7 Å². The highest BCUT2D eigenvalue weighted by atomic mass is 16.3. The lowest BCUT2D eigenvalue weighted by atomic mass is 10.2. The molecule has 11 heavy (non-hydrogen) atoms. The van der Waals surface area contributed by atoms with Gasteiger partial charge in [0.15, 0.2) is 0 Å². The second kappa shape index (κ2) is 2.66. The minimum Gasteiger partial charge on any atom is -0.391 e. The standard InChI is InChI=1S/C8H12N2O/c11-8-3-1-2-7(8)10-5-4-9-6-10/h4-8,11H,1-3H2/t7-,8-/m0/s1. The summed E-state index contributed by atoms with van der Waals surface area (Å²) in [6, 6.07) is 0.275. The van der Waals surface area contributed by atoms with Crippen molar-refractivity contribution >= 4 is 0 Å². The molecule has 0 aromatic carbocycles. The van der Waals surface area contributed by atoms with Crippen LogP contribution in [-0.2, 0) is 0 Å². The van der Waals surface area contributed by atoms with E-state index in [0.717, 1.165) is 19.3 Å². The summed E-state index contributed by atoms with van der Waals surface area (Å²) in [5.41, 5.74) is 0. The van der Waals surface area contributed by atoms with E-state index in [4.69, 9.17) is 0 Å². The Morgan fingerprint density at radius 3 is 2.91 bits per heavy atom. The van der Waals surface area contributed by atoms with Crippen LogP contribution >= 0.6 is 0 Å². The molecule has 0 spiro atoms. The lowest BCUT2D eigenvalue weighted by Crippen LogP contribution is -2.16. The highest BCUT2D eigenvalue weighted by Gasteiger charge is 2.25. The van der Waals surface area contributed by atoms with Gasteiger partial charge in [-0.1, -0.05) is 0 Å². The van der Waals surface area contributed by atoms with E-state index in [1.807, 2.05) is 10.8 Å². The average molecular weight is 152 g/mol. The molecular weight excluding hydrogens is 140 g/mol. The van der Waals surface area contributed by atoms with Crippen molar-refractivity contribution in [2.24, 2.45) is 0 Å². The molecule has 3 nitrogen and oxygen atoms in total. The number of rotatable bonds is 1. The van der Waals surface area contributed by atoms with Gasteiger partial charge in [-0.25, -0.2) is 4.98 Å². The van der Waals surface area contributed by atoms with E-state index in [2.05, 4.69) is 4.98 Å². The molecule has 2 rings (SSSR count). The van der Waals surface area contributed by atoms with E-state index < -0.39 is 0 Å². The van der Waals surface area contributed by atoms with Crippen LogP contribution in [0.2, 0.25) is 0 Å². The van der Waals surface area contributed by atoms with Crippen molar-refractivity contribution in [2.75, 3.05) is 0 Å². The molecule has 2 atom stereocenters. The monoisotopic (exact) mass is 152 g/mol. The molecule has 1 heterocycles. The fourth-order valence-electron chi connectivity index (χ4n) is 1.73. The van der Waals surface area contributed by atoms with Gasteiger partial charge in [0.25, 0.3) is 0 Å². The number of nitrogens with zero attached hydrogens (tertiary/aromatic N) is 2. The van der Waals surface area contributed by atoms with Crippen LogP contribution in [0.1, 0.15) is 25.3 Å². The summed E-state index contributed by atoms with van der Waals surface area (Å²) in [6.07, 6.45) is 8.43. The van der Waals surface area contributed by atoms with Crippen molar-refractivity contribution in [1.29, 1.82) is 0 Å². The molecule has 1 aromatic rings. The Morgan fingerprint density at radius 1 is 1.45 bits per heavy atom. The van der Waals surface area contributed by atoms with E-state index >= 15 is 0 Å². The van der Waals surface area contributed by atoms with Gasteiger partial charge in [-0.05, 0) is 19.3 Å². The van der Waals surface area contributed by atoms with Gasteiger partial charge in [0, 0.05) is 12.4 Å². The summed E-state index contributed by atoms with van der Waals surface area (Å²) in [4.78, 5) is 3.95. The molecular formula is C8H12N2O. The van der Waals surface area contributed by atoms with Crippen LogP contribution in [0.25, 0.3) is 0 Å². The third kappa shape index (κ3) is 1.16. The molecule has 60 valence electrons. The van der Waals surface area contributed by atoms with E-state index in [0.29, 0.717) is 0 Å². The Hall–Kier alpha value is -0.830. The van der Waals surface area contributed by atoms with E-state index in [1.54, 1.807) is 12.5 Å². The van der Waals surface area contributed by atoms with Crippen LogP contribution in [0, 0.1) is 0 Å². The fourth-order valence-corrected chi connectivity index (χ4v) is 1.73. The summed E-state index contributed by atoms with van der Waals surface area (Å²) >= 11 is 0. The average Bonchev–Trinajstić information content (AvgIpc) is 2.55. The molecule has 0 unspecified atom stereocenters. The summed E-state index contributed by atoms with van der Waals surface area (Å²) in [5.74, 6) is 0. The largest absolute Gasteiger partial charge is 0.391 e. The predicted molar refractivity (Wildman–Crippen MR) is 41.1 cm³/mol.